The maximum atomic E-state index is 12.3. The van der Waals surface area contributed by atoms with Crippen LogP contribution in [0, 0.1) is 0 Å². The molecule has 0 bridgehead atoms. The van der Waals surface area contributed by atoms with Crippen LogP contribution in [-0.2, 0) is 4.74 Å². The maximum Gasteiger partial charge on any atom is 0.344 e. The number of hydrogen-bond acceptors (Lipinski definition) is 5. The molecule has 1 atom stereocenters. The Morgan fingerprint density at radius 1 is 1.08 bits per heavy atom. The molecule has 5 nitrogen and oxygen atoms in total. The van der Waals surface area contributed by atoms with Crippen LogP contribution in [0.1, 0.15) is 22.1 Å². The minimum absolute atomic E-state index is 0.373. The summed E-state index contributed by atoms with van der Waals surface area (Å²) >= 11 is 10.4. The molecule has 0 spiro atoms. The van der Waals surface area contributed by atoms with Crippen LogP contribution < -0.4 is 14.8 Å². The molecule has 0 aliphatic carbocycles. The fourth-order valence-corrected chi connectivity index (χ4v) is 5.01. The molecule has 24 heavy (non-hydrogen) atoms. The number of esters is 1. The van der Waals surface area contributed by atoms with E-state index >= 15 is 0 Å². The zero-order valence-electron chi connectivity index (χ0n) is 12.7. The molecule has 0 amide bonds. The second-order valence-electron chi connectivity index (χ2n) is 4.94. The van der Waals surface area contributed by atoms with Crippen molar-refractivity contribution < 1.29 is 19.0 Å². The minimum Gasteiger partial charge on any atom is -0.493 e. The monoisotopic (exact) mass is 519 g/mol. The first-order valence-electron chi connectivity index (χ1n) is 6.83. The standard InChI is InChI=1S/C16H12Br3NO4/c1-22-11-4-3-8-12(14(11)23-2)16(21)24-15(8)20-13-9(18)5-7(17)6-10(13)19/h3-6,15,20H,1-2H3/t15-/m0/s1. The average Bonchev–Trinajstić information content (AvgIpc) is 2.86. The van der Waals surface area contributed by atoms with Gasteiger partial charge in [0, 0.05) is 19.0 Å². The molecule has 3 rings (SSSR count). The summed E-state index contributed by atoms with van der Waals surface area (Å²) in [5, 5.41) is 3.23. The van der Waals surface area contributed by atoms with Crippen molar-refractivity contribution in [1.29, 1.82) is 0 Å². The van der Waals surface area contributed by atoms with Crippen LogP contribution in [0.3, 0.4) is 0 Å². The van der Waals surface area contributed by atoms with Crippen molar-refractivity contribution in [2.75, 3.05) is 19.5 Å². The van der Waals surface area contributed by atoms with Gasteiger partial charge in [0.2, 0.25) is 6.23 Å². The Labute approximate surface area is 164 Å². The van der Waals surface area contributed by atoms with Crippen LogP contribution >= 0.6 is 47.8 Å². The largest absolute Gasteiger partial charge is 0.493 e. The lowest BCUT2D eigenvalue weighted by Gasteiger charge is -2.17. The van der Waals surface area contributed by atoms with Gasteiger partial charge in [-0.05, 0) is 56.1 Å². The van der Waals surface area contributed by atoms with Crippen molar-refractivity contribution in [2.24, 2.45) is 0 Å². The predicted octanol–water partition coefficient (Wildman–Crippen LogP) is 5.27. The van der Waals surface area contributed by atoms with Gasteiger partial charge in [0.15, 0.2) is 11.5 Å². The number of rotatable bonds is 4. The lowest BCUT2D eigenvalue weighted by atomic mass is 10.1. The lowest BCUT2D eigenvalue weighted by Crippen LogP contribution is -2.11. The molecule has 1 aliphatic rings. The summed E-state index contributed by atoms with van der Waals surface area (Å²) in [5.74, 6) is 0.403. The van der Waals surface area contributed by atoms with Gasteiger partial charge in [-0.3, -0.25) is 0 Å². The number of halogens is 3. The van der Waals surface area contributed by atoms with E-state index in [0.717, 1.165) is 19.1 Å². The highest BCUT2D eigenvalue weighted by atomic mass is 79.9. The molecular formula is C16H12Br3NO4. The van der Waals surface area contributed by atoms with Crippen molar-refractivity contribution in [1.82, 2.24) is 0 Å². The number of fused-ring (bicyclic) bond motifs is 1. The highest BCUT2D eigenvalue weighted by molar-refractivity contribution is 9.11. The Kier molecular flexibility index (Phi) is 5.08. The van der Waals surface area contributed by atoms with Crippen LogP contribution in [0.4, 0.5) is 5.69 Å². The van der Waals surface area contributed by atoms with E-state index in [1.165, 1.54) is 14.2 Å². The Bertz CT molecular complexity index is 802. The quantitative estimate of drug-likeness (QED) is 0.555. The van der Waals surface area contributed by atoms with E-state index in [-0.39, 0.29) is 0 Å². The number of ether oxygens (including phenoxy) is 3. The van der Waals surface area contributed by atoms with Gasteiger partial charge in [0.05, 0.1) is 19.9 Å². The first-order valence-corrected chi connectivity index (χ1v) is 9.21. The van der Waals surface area contributed by atoms with Gasteiger partial charge in [-0.25, -0.2) is 4.79 Å². The van der Waals surface area contributed by atoms with Crippen molar-refractivity contribution in [2.45, 2.75) is 6.23 Å². The highest BCUT2D eigenvalue weighted by Gasteiger charge is 2.36. The Morgan fingerprint density at radius 2 is 1.75 bits per heavy atom. The first kappa shape index (κ1) is 17.6. The number of benzene rings is 2. The maximum absolute atomic E-state index is 12.3. The van der Waals surface area contributed by atoms with E-state index < -0.39 is 12.2 Å². The molecule has 2 aromatic rings. The van der Waals surface area contributed by atoms with Crippen LogP contribution in [0.15, 0.2) is 37.7 Å². The van der Waals surface area contributed by atoms with Crippen LogP contribution in [0.2, 0.25) is 0 Å². The topological polar surface area (TPSA) is 56.8 Å². The van der Waals surface area contributed by atoms with Crippen LogP contribution in [0.5, 0.6) is 11.5 Å². The summed E-state index contributed by atoms with van der Waals surface area (Å²) in [4.78, 5) is 12.3. The van der Waals surface area contributed by atoms with Crippen LogP contribution in [0.25, 0.3) is 0 Å². The van der Waals surface area contributed by atoms with Crippen LogP contribution in [-0.4, -0.2) is 20.2 Å². The van der Waals surface area contributed by atoms with Gasteiger partial charge >= 0.3 is 5.97 Å². The summed E-state index contributed by atoms with van der Waals surface area (Å²) in [6.45, 7) is 0. The van der Waals surface area contributed by atoms with Gasteiger partial charge in [0.1, 0.15) is 5.56 Å². The third kappa shape index (κ3) is 3.02. The van der Waals surface area contributed by atoms with E-state index in [4.69, 9.17) is 14.2 Å². The Balaban J connectivity index is 2.02. The zero-order chi connectivity index (χ0) is 17.4. The van der Waals surface area contributed by atoms with Crippen molar-refractivity contribution in [3.8, 4) is 11.5 Å². The molecule has 0 fully saturated rings. The molecule has 8 heteroatoms. The van der Waals surface area contributed by atoms with Crippen molar-refractivity contribution in [3.63, 3.8) is 0 Å². The zero-order valence-corrected chi connectivity index (χ0v) is 17.4. The third-order valence-corrected chi connectivity index (χ3v) is 5.28. The third-order valence-electron chi connectivity index (χ3n) is 3.57. The smallest absolute Gasteiger partial charge is 0.344 e. The SMILES string of the molecule is COc1ccc2c(c1OC)C(=O)O[C@@H]2Nc1c(Br)cc(Br)cc1Br. The van der Waals surface area contributed by atoms with E-state index in [9.17, 15) is 4.79 Å². The second-order valence-corrected chi connectivity index (χ2v) is 7.56. The average molecular weight is 522 g/mol. The summed E-state index contributed by atoms with van der Waals surface area (Å²) in [6, 6.07) is 7.35. The predicted molar refractivity (Wildman–Crippen MR) is 101 cm³/mol. The van der Waals surface area contributed by atoms with Crippen molar-refractivity contribution in [3.05, 3.63) is 48.8 Å². The van der Waals surface area contributed by atoms with Crippen molar-refractivity contribution >= 4 is 59.4 Å². The molecule has 1 heterocycles. The van der Waals surface area contributed by atoms with Gasteiger partial charge in [-0.2, -0.15) is 0 Å². The number of carbonyl (C=O) groups excluding carboxylic acids is 1. The van der Waals surface area contributed by atoms with Gasteiger partial charge in [-0.1, -0.05) is 15.9 Å². The molecule has 0 aromatic heterocycles. The normalized spacial score (nSPS) is 15.7. The molecule has 0 saturated carbocycles. The van der Waals surface area contributed by atoms with E-state index in [1.54, 1.807) is 12.1 Å². The van der Waals surface area contributed by atoms with E-state index in [2.05, 4.69) is 53.1 Å². The summed E-state index contributed by atoms with van der Waals surface area (Å²) in [7, 11) is 3.02. The fourth-order valence-electron chi connectivity index (χ4n) is 2.52. The number of anilines is 1. The first-order chi connectivity index (χ1) is 11.5. The molecule has 2 aromatic carbocycles. The number of methoxy groups -OCH3 is 2. The molecule has 126 valence electrons. The molecule has 0 unspecified atom stereocenters. The van der Waals surface area contributed by atoms with E-state index in [0.29, 0.717) is 22.6 Å². The minimum atomic E-state index is -0.624. The number of carbonyl (C=O) groups is 1. The second kappa shape index (κ2) is 6.93. The molecule has 0 saturated heterocycles. The van der Waals surface area contributed by atoms with E-state index in [1.807, 2.05) is 12.1 Å². The summed E-state index contributed by atoms with van der Waals surface area (Å²) in [5.41, 5.74) is 1.84. The molecule has 1 N–H and O–H groups in total. The fraction of sp³-hybridized carbons (Fsp3) is 0.188. The highest BCUT2D eigenvalue weighted by Crippen LogP contribution is 2.44. The number of nitrogens with one attached hydrogen (secondary N) is 1. The summed E-state index contributed by atoms with van der Waals surface area (Å²) in [6.07, 6.45) is -0.624. The number of cyclic esters (lactones) is 1. The van der Waals surface area contributed by atoms with Gasteiger partial charge < -0.3 is 19.5 Å². The van der Waals surface area contributed by atoms with Gasteiger partial charge in [-0.15, -0.1) is 0 Å². The Hall–Kier alpha value is -1.25. The number of hydrogen-bond donors (Lipinski definition) is 1. The van der Waals surface area contributed by atoms with Gasteiger partial charge in [0.25, 0.3) is 0 Å². The lowest BCUT2D eigenvalue weighted by molar-refractivity contribution is 0.0435. The molecule has 1 aliphatic heterocycles. The molecular weight excluding hydrogens is 510 g/mol. The summed E-state index contributed by atoms with van der Waals surface area (Å²) < 4.78 is 18.6. The molecule has 0 radical (unpaired) electrons. The Morgan fingerprint density at radius 3 is 2.33 bits per heavy atom.